The van der Waals surface area contributed by atoms with Gasteiger partial charge < -0.3 is 5.11 Å². The van der Waals surface area contributed by atoms with E-state index in [2.05, 4.69) is 25.0 Å². The van der Waals surface area contributed by atoms with Gasteiger partial charge in [0, 0.05) is 5.69 Å². The van der Waals surface area contributed by atoms with Gasteiger partial charge in [-0.15, -0.1) is 0 Å². The lowest BCUT2D eigenvalue weighted by Gasteiger charge is -2.07. The van der Waals surface area contributed by atoms with E-state index in [1.54, 1.807) is 6.92 Å². The van der Waals surface area contributed by atoms with Crippen molar-refractivity contribution in [3.8, 4) is 0 Å². The van der Waals surface area contributed by atoms with Crippen molar-refractivity contribution in [2.75, 3.05) is 0 Å². The van der Waals surface area contributed by atoms with Gasteiger partial charge in [0.05, 0.1) is 18.3 Å². The first-order valence-corrected chi connectivity index (χ1v) is 4.91. The second-order valence-corrected chi connectivity index (χ2v) is 3.37. The van der Waals surface area contributed by atoms with Gasteiger partial charge in [0.15, 0.2) is 0 Å². The van der Waals surface area contributed by atoms with Crippen LogP contribution in [-0.2, 0) is 19.4 Å². The van der Waals surface area contributed by atoms with Crippen LogP contribution in [0.5, 0.6) is 0 Å². The lowest BCUT2D eigenvalue weighted by atomic mass is 10.2. The topological polar surface area (TPSA) is 38.0 Å². The Morgan fingerprint density at radius 2 is 2.15 bits per heavy atom. The summed E-state index contributed by atoms with van der Waals surface area (Å²) in [5, 5.41) is 13.6. The van der Waals surface area contributed by atoms with Gasteiger partial charge in [0.1, 0.15) is 0 Å². The van der Waals surface area contributed by atoms with Crippen LogP contribution in [0.25, 0.3) is 0 Å². The van der Waals surface area contributed by atoms with E-state index in [1.807, 2.05) is 4.68 Å². The van der Waals surface area contributed by atoms with Crippen molar-refractivity contribution in [2.45, 2.75) is 46.3 Å². The maximum Gasteiger partial charge on any atom is 0.0708 e. The maximum absolute atomic E-state index is 9.25. The summed E-state index contributed by atoms with van der Waals surface area (Å²) in [6, 6.07) is 2.11. The van der Waals surface area contributed by atoms with Crippen molar-refractivity contribution in [1.29, 1.82) is 0 Å². The van der Waals surface area contributed by atoms with Crippen LogP contribution in [0.1, 0.15) is 32.2 Å². The monoisotopic (exact) mass is 182 g/mol. The molecule has 0 saturated carbocycles. The molecular formula is C10H18N2O. The minimum atomic E-state index is -0.324. The van der Waals surface area contributed by atoms with E-state index in [4.69, 9.17) is 0 Å². The highest BCUT2D eigenvalue weighted by molar-refractivity contribution is 5.10. The number of hydrogen-bond donors (Lipinski definition) is 1. The zero-order chi connectivity index (χ0) is 9.84. The molecule has 1 heterocycles. The van der Waals surface area contributed by atoms with Crippen molar-refractivity contribution < 1.29 is 5.11 Å². The number of aryl methyl sites for hydroxylation is 2. The molecule has 1 rings (SSSR count). The Bertz CT molecular complexity index is 266. The molecule has 1 atom stereocenters. The number of aromatic nitrogens is 2. The van der Waals surface area contributed by atoms with Gasteiger partial charge in [-0.05, 0) is 25.8 Å². The smallest absolute Gasteiger partial charge is 0.0708 e. The minimum absolute atomic E-state index is 0.324. The zero-order valence-electron chi connectivity index (χ0n) is 8.62. The second kappa shape index (κ2) is 4.42. The van der Waals surface area contributed by atoms with Gasteiger partial charge in [0.2, 0.25) is 0 Å². The number of hydrogen-bond acceptors (Lipinski definition) is 2. The molecule has 0 saturated heterocycles. The number of rotatable bonds is 4. The van der Waals surface area contributed by atoms with Crippen LogP contribution in [0.2, 0.25) is 0 Å². The number of aliphatic hydroxyl groups is 1. The summed E-state index contributed by atoms with van der Waals surface area (Å²) < 4.78 is 1.91. The first-order chi connectivity index (χ1) is 6.17. The van der Waals surface area contributed by atoms with Gasteiger partial charge in [-0.3, -0.25) is 4.68 Å². The van der Waals surface area contributed by atoms with Crippen LogP contribution < -0.4 is 0 Å². The predicted octanol–water partition coefficient (Wildman–Crippen LogP) is 1.39. The molecule has 13 heavy (non-hydrogen) atoms. The van der Waals surface area contributed by atoms with Crippen molar-refractivity contribution in [3.63, 3.8) is 0 Å². The van der Waals surface area contributed by atoms with E-state index >= 15 is 0 Å². The molecule has 0 radical (unpaired) electrons. The van der Waals surface area contributed by atoms with Crippen LogP contribution in [0, 0.1) is 0 Å². The fourth-order valence-electron chi connectivity index (χ4n) is 1.38. The van der Waals surface area contributed by atoms with Crippen LogP contribution in [0.4, 0.5) is 0 Å². The Hall–Kier alpha value is -0.830. The summed E-state index contributed by atoms with van der Waals surface area (Å²) >= 11 is 0. The molecule has 0 fully saturated rings. The molecule has 0 aromatic carbocycles. The summed E-state index contributed by atoms with van der Waals surface area (Å²) in [5.74, 6) is 0. The Morgan fingerprint density at radius 3 is 2.62 bits per heavy atom. The SMILES string of the molecule is CCc1cc(CC)n(C[C@H](C)O)n1. The Balaban J connectivity index is 2.84. The van der Waals surface area contributed by atoms with Crippen molar-refractivity contribution in [1.82, 2.24) is 9.78 Å². The maximum atomic E-state index is 9.25. The molecule has 0 amide bonds. The highest BCUT2D eigenvalue weighted by atomic mass is 16.3. The Kier molecular flexibility index (Phi) is 3.48. The third-order valence-corrected chi connectivity index (χ3v) is 2.08. The molecule has 3 heteroatoms. The number of nitrogens with zero attached hydrogens (tertiary/aromatic N) is 2. The van der Waals surface area contributed by atoms with E-state index in [9.17, 15) is 5.11 Å². The summed E-state index contributed by atoms with van der Waals surface area (Å²) in [7, 11) is 0. The van der Waals surface area contributed by atoms with Gasteiger partial charge in [-0.25, -0.2) is 0 Å². The molecule has 0 aliphatic rings. The summed E-state index contributed by atoms with van der Waals surface area (Å²) in [4.78, 5) is 0. The van der Waals surface area contributed by atoms with E-state index in [-0.39, 0.29) is 6.10 Å². The van der Waals surface area contributed by atoms with Crippen LogP contribution in [0.3, 0.4) is 0 Å². The molecule has 3 nitrogen and oxygen atoms in total. The summed E-state index contributed by atoms with van der Waals surface area (Å²) in [6.07, 6.45) is 1.61. The highest BCUT2D eigenvalue weighted by Crippen LogP contribution is 2.06. The third-order valence-electron chi connectivity index (χ3n) is 2.08. The molecule has 0 aliphatic heterocycles. The molecule has 0 spiro atoms. The standard InChI is InChI=1S/C10H18N2O/c1-4-9-6-10(5-2)12(11-9)7-8(3)13/h6,8,13H,4-5,7H2,1-3H3/t8-/m0/s1. The van der Waals surface area contributed by atoms with Gasteiger partial charge in [-0.1, -0.05) is 13.8 Å². The van der Waals surface area contributed by atoms with Gasteiger partial charge in [0.25, 0.3) is 0 Å². The second-order valence-electron chi connectivity index (χ2n) is 3.37. The van der Waals surface area contributed by atoms with Crippen LogP contribution in [-0.4, -0.2) is 21.0 Å². The lowest BCUT2D eigenvalue weighted by Crippen LogP contribution is -2.15. The van der Waals surface area contributed by atoms with Crippen LogP contribution >= 0.6 is 0 Å². The molecule has 1 aromatic heterocycles. The van der Waals surface area contributed by atoms with E-state index in [1.165, 1.54) is 5.69 Å². The van der Waals surface area contributed by atoms with Gasteiger partial charge >= 0.3 is 0 Å². The molecular weight excluding hydrogens is 164 g/mol. The van der Waals surface area contributed by atoms with E-state index in [0.717, 1.165) is 18.5 Å². The van der Waals surface area contributed by atoms with Crippen molar-refractivity contribution in [2.24, 2.45) is 0 Å². The van der Waals surface area contributed by atoms with Gasteiger partial charge in [-0.2, -0.15) is 5.10 Å². The third kappa shape index (κ3) is 2.56. The first-order valence-electron chi connectivity index (χ1n) is 4.91. The molecule has 1 N–H and O–H groups in total. The van der Waals surface area contributed by atoms with E-state index < -0.39 is 0 Å². The molecule has 0 aliphatic carbocycles. The number of aliphatic hydroxyl groups excluding tert-OH is 1. The Labute approximate surface area is 79.4 Å². The molecule has 74 valence electrons. The van der Waals surface area contributed by atoms with Crippen molar-refractivity contribution in [3.05, 3.63) is 17.5 Å². The minimum Gasteiger partial charge on any atom is -0.391 e. The lowest BCUT2D eigenvalue weighted by molar-refractivity contribution is 0.167. The molecule has 1 aromatic rings. The fraction of sp³-hybridized carbons (Fsp3) is 0.700. The summed E-state index contributed by atoms with van der Waals surface area (Å²) in [6.45, 7) is 6.58. The van der Waals surface area contributed by atoms with Crippen molar-refractivity contribution >= 4 is 0 Å². The average Bonchev–Trinajstić information content (AvgIpc) is 2.46. The summed E-state index contributed by atoms with van der Waals surface area (Å²) in [5.41, 5.74) is 2.32. The normalized spacial score (nSPS) is 13.2. The zero-order valence-corrected chi connectivity index (χ0v) is 8.62. The molecule has 0 bridgehead atoms. The van der Waals surface area contributed by atoms with E-state index in [0.29, 0.717) is 6.54 Å². The van der Waals surface area contributed by atoms with Crippen LogP contribution in [0.15, 0.2) is 6.07 Å². The molecule has 0 unspecified atom stereocenters. The quantitative estimate of drug-likeness (QED) is 0.764. The Morgan fingerprint density at radius 1 is 1.46 bits per heavy atom. The highest BCUT2D eigenvalue weighted by Gasteiger charge is 2.06. The predicted molar refractivity (Wildman–Crippen MR) is 52.7 cm³/mol. The first kappa shape index (κ1) is 10.3. The fourth-order valence-corrected chi connectivity index (χ4v) is 1.38. The largest absolute Gasteiger partial charge is 0.391 e. The average molecular weight is 182 g/mol.